The first-order chi connectivity index (χ1) is 22.8. The van der Waals surface area contributed by atoms with E-state index in [2.05, 4.69) is 63.8 Å². The molecule has 0 unspecified atom stereocenters. The van der Waals surface area contributed by atoms with Crippen LogP contribution in [-0.4, -0.2) is 68.3 Å². The van der Waals surface area contributed by atoms with Crippen molar-refractivity contribution in [2.45, 2.75) is 34.6 Å². The van der Waals surface area contributed by atoms with E-state index in [1.54, 1.807) is 23.5 Å². The molecule has 17 nitrogen and oxygen atoms in total. The van der Waals surface area contributed by atoms with Crippen molar-refractivity contribution in [3.63, 3.8) is 0 Å². The van der Waals surface area contributed by atoms with Gasteiger partial charge in [-0.2, -0.15) is 5.10 Å². The van der Waals surface area contributed by atoms with E-state index >= 15 is 0 Å². The fraction of sp³-hybridized carbons (Fsp3) is 0.290. The normalized spacial score (nSPS) is 10.9. The summed E-state index contributed by atoms with van der Waals surface area (Å²) >= 11 is 0. The van der Waals surface area contributed by atoms with Gasteiger partial charge in [-0.1, -0.05) is 0 Å². The molecule has 0 bridgehead atoms. The standard InChI is InChI=1S/C9H11N3.C8H10N4.2C7H9N5/c1-6-4-10-9-8(7(6)2)5-11-12(9)3;1-5-3-10-8(9)6-7(5)12(2)4-11-6;1-4-11-5-6(8)9-3-10-7(5)12(4)2;1-4-10-6(8)5-7(11-4)12(2)3-9-5/h4-5H,1-3H3;3-4H,1-2H3,(H2,9,10);3H,1-2H3,(H2,8,9,10);3H,1-2H3,(H2,8,10,11). The van der Waals surface area contributed by atoms with Crippen molar-refractivity contribution < 1.29 is 0 Å². The molecule has 0 spiro atoms. The van der Waals surface area contributed by atoms with Crippen molar-refractivity contribution in [2.75, 3.05) is 17.2 Å². The Morgan fingerprint density at radius 1 is 0.562 bits per heavy atom. The van der Waals surface area contributed by atoms with Crippen LogP contribution in [0.1, 0.15) is 28.3 Å². The van der Waals surface area contributed by atoms with E-state index in [0.29, 0.717) is 34.3 Å². The smallest absolute Gasteiger partial charge is 0.165 e. The van der Waals surface area contributed by atoms with Gasteiger partial charge in [0.05, 0.1) is 24.4 Å². The van der Waals surface area contributed by atoms with Crippen LogP contribution in [-0.2, 0) is 28.2 Å². The molecule has 48 heavy (non-hydrogen) atoms. The lowest BCUT2D eigenvalue weighted by atomic mass is 10.1. The van der Waals surface area contributed by atoms with Gasteiger partial charge in [0, 0.05) is 46.0 Å². The van der Waals surface area contributed by atoms with E-state index in [4.69, 9.17) is 17.2 Å². The zero-order chi connectivity index (χ0) is 34.9. The van der Waals surface area contributed by atoms with Crippen LogP contribution in [0, 0.1) is 34.6 Å². The lowest BCUT2D eigenvalue weighted by molar-refractivity contribution is 0.786. The number of nitrogens with zero attached hydrogens (tertiary/aromatic N) is 14. The average molecular weight is 650 g/mol. The molecule has 8 aromatic rings. The minimum absolute atomic E-state index is 0.434. The molecule has 0 radical (unpaired) electrons. The van der Waals surface area contributed by atoms with Crippen molar-refractivity contribution >= 4 is 61.8 Å². The number of hydrogen-bond donors (Lipinski definition) is 3. The lowest BCUT2D eigenvalue weighted by Gasteiger charge is -1.99. The summed E-state index contributed by atoms with van der Waals surface area (Å²) in [6.45, 7) is 9.87. The molecule has 0 aliphatic heterocycles. The number of fused-ring (bicyclic) bond motifs is 4. The van der Waals surface area contributed by atoms with Crippen LogP contribution < -0.4 is 17.2 Å². The Labute approximate surface area is 275 Å². The van der Waals surface area contributed by atoms with Gasteiger partial charge in [-0.25, -0.2) is 44.9 Å². The fourth-order valence-corrected chi connectivity index (χ4v) is 4.95. The number of anilines is 3. The van der Waals surface area contributed by atoms with Crippen LogP contribution in [0.2, 0.25) is 0 Å². The Bertz CT molecular complexity index is 2390. The van der Waals surface area contributed by atoms with Crippen LogP contribution in [0.25, 0.3) is 44.4 Å². The van der Waals surface area contributed by atoms with Gasteiger partial charge in [-0.05, 0) is 51.3 Å². The molecule has 0 aliphatic carbocycles. The highest BCUT2D eigenvalue weighted by molar-refractivity contribution is 5.87. The van der Waals surface area contributed by atoms with E-state index < -0.39 is 0 Å². The summed E-state index contributed by atoms with van der Waals surface area (Å²) in [6, 6.07) is 0. The van der Waals surface area contributed by atoms with Crippen molar-refractivity contribution in [3.05, 3.63) is 65.9 Å². The number of hydrogen-bond acceptors (Lipinski definition) is 13. The van der Waals surface area contributed by atoms with Crippen LogP contribution in [0.15, 0.2) is 37.6 Å². The van der Waals surface area contributed by atoms with Crippen molar-refractivity contribution in [3.8, 4) is 0 Å². The van der Waals surface area contributed by atoms with Crippen LogP contribution in [0.3, 0.4) is 0 Å². The quantitative estimate of drug-likeness (QED) is 0.215. The molecule has 6 N–H and O–H groups in total. The zero-order valence-corrected chi connectivity index (χ0v) is 28.5. The Balaban J connectivity index is 0.000000125. The minimum Gasteiger partial charge on any atom is -0.382 e. The topological polar surface area (TPSA) is 227 Å². The first-order valence-corrected chi connectivity index (χ1v) is 14.8. The third-order valence-electron chi connectivity index (χ3n) is 7.84. The van der Waals surface area contributed by atoms with Crippen molar-refractivity contribution in [1.82, 2.24) is 68.3 Å². The van der Waals surface area contributed by atoms with Gasteiger partial charge in [0.2, 0.25) is 0 Å². The third kappa shape index (κ3) is 6.37. The Morgan fingerprint density at radius 3 is 1.94 bits per heavy atom. The molecule has 0 saturated carbocycles. The summed E-state index contributed by atoms with van der Waals surface area (Å²) in [7, 11) is 7.63. The van der Waals surface area contributed by atoms with Crippen molar-refractivity contribution in [2.24, 2.45) is 28.2 Å². The van der Waals surface area contributed by atoms with E-state index in [9.17, 15) is 0 Å². The maximum atomic E-state index is 5.65. The molecule has 8 heterocycles. The molecular formula is C31H39N17. The highest BCUT2D eigenvalue weighted by Gasteiger charge is 2.09. The number of pyridine rings is 2. The van der Waals surface area contributed by atoms with E-state index in [-0.39, 0.29) is 0 Å². The molecule has 0 atom stereocenters. The predicted octanol–water partition coefficient (Wildman–Crippen LogP) is 2.95. The van der Waals surface area contributed by atoms with E-state index in [0.717, 1.165) is 44.7 Å². The number of rotatable bonds is 0. The summed E-state index contributed by atoms with van der Waals surface area (Å²) < 4.78 is 7.44. The molecule has 248 valence electrons. The zero-order valence-electron chi connectivity index (χ0n) is 28.5. The molecule has 8 rings (SSSR count). The van der Waals surface area contributed by atoms with Crippen LogP contribution in [0.5, 0.6) is 0 Å². The summed E-state index contributed by atoms with van der Waals surface area (Å²) in [5, 5.41) is 5.30. The Kier molecular flexibility index (Phi) is 9.13. The first kappa shape index (κ1) is 33.1. The number of aryl methyl sites for hydroxylation is 9. The van der Waals surface area contributed by atoms with Gasteiger partial charge < -0.3 is 30.9 Å². The summed E-state index contributed by atoms with van der Waals surface area (Å²) in [5.74, 6) is 2.93. The minimum atomic E-state index is 0.434. The molecule has 8 aromatic heterocycles. The van der Waals surface area contributed by atoms with Crippen LogP contribution >= 0.6 is 0 Å². The van der Waals surface area contributed by atoms with Crippen LogP contribution in [0.4, 0.5) is 17.5 Å². The Morgan fingerprint density at radius 2 is 1.23 bits per heavy atom. The second kappa shape index (κ2) is 13.2. The van der Waals surface area contributed by atoms with Gasteiger partial charge in [0.25, 0.3) is 0 Å². The monoisotopic (exact) mass is 649 g/mol. The largest absolute Gasteiger partial charge is 0.382 e. The summed E-state index contributed by atoms with van der Waals surface area (Å²) in [4.78, 5) is 36.9. The highest BCUT2D eigenvalue weighted by Crippen LogP contribution is 2.20. The Hall–Kier alpha value is -6.26. The SMILES string of the molecule is Cc1cnc(N)c2ncn(C)c12.Cc1cnc2c(cnn2C)c1C.Cc1nc(N)c2ncn(C)c2n1.Cc1nc2c(N)ncnc2n1C. The predicted molar refractivity (Wildman–Crippen MR) is 187 cm³/mol. The lowest BCUT2D eigenvalue weighted by Crippen LogP contribution is -1.98. The van der Waals surface area contributed by atoms with Gasteiger partial charge >= 0.3 is 0 Å². The molecule has 17 heteroatoms. The van der Waals surface area contributed by atoms with Gasteiger partial charge in [-0.3, -0.25) is 4.68 Å². The van der Waals surface area contributed by atoms with Gasteiger partial charge in [-0.15, -0.1) is 0 Å². The van der Waals surface area contributed by atoms with Gasteiger partial charge in [0.1, 0.15) is 29.0 Å². The molecule has 0 fully saturated rings. The number of aromatic nitrogens is 14. The van der Waals surface area contributed by atoms with E-state index in [1.165, 1.54) is 17.5 Å². The van der Waals surface area contributed by atoms with E-state index in [1.807, 2.05) is 75.1 Å². The number of nitrogen functional groups attached to an aromatic ring is 3. The fourth-order valence-electron chi connectivity index (χ4n) is 4.95. The molecule has 0 aromatic carbocycles. The second-order valence-corrected chi connectivity index (χ2v) is 11.3. The first-order valence-electron chi connectivity index (χ1n) is 14.8. The highest BCUT2D eigenvalue weighted by atomic mass is 15.3. The molecular weight excluding hydrogens is 610 g/mol. The second-order valence-electron chi connectivity index (χ2n) is 11.3. The number of imidazole rings is 3. The number of nitrogens with two attached hydrogens (primary N) is 3. The molecule has 0 amide bonds. The maximum absolute atomic E-state index is 5.65. The molecule has 0 saturated heterocycles. The molecule has 0 aliphatic rings. The summed E-state index contributed by atoms with van der Waals surface area (Å²) in [5.41, 5.74) is 26.2. The van der Waals surface area contributed by atoms with Crippen molar-refractivity contribution in [1.29, 1.82) is 0 Å². The maximum Gasteiger partial charge on any atom is 0.165 e. The van der Waals surface area contributed by atoms with Gasteiger partial charge in [0.15, 0.2) is 39.9 Å². The average Bonchev–Trinajstić information content (AvgIpc) is 3.81. The summed E-state index contributed by atoms with van der Waals surface area (Å²) in [6.07, 6.45) is 10.4. The third-order valence-corrected chi connectivity index (χ3v) is 7.84.